The van der Waals surface area contributed by atoms with E-state index in [9.17, 15) is 18.5 Å². The van der Waals surface area contributed by atoms with Crippen molar-refractivity contribution in [2.75, 3.05) is 28.8 Å². The van der Waals surface area contributed by atoms with E-state index in [0.717, 1.165) is 6.26 Å². The van der Waals surface area contributed by atoms with E-state index in [1.54, 1.807) is 25.1 Å². The monoisotopic (exact) mass is 476 g/mol. The third kappa shape index (κ3) is 4.90. The second-order valence-corrected chi connectivity index (χ2v) is 9.88. The Kier molecular flexibility index (Phi) is 6.52. The van der Waals surface area contributed by atoms with Crippen LogP contribution in [0.2, 0.25) is 5.02 Å². The standard InChI is InChI=1S/C19H21ClN8O3S/c1-10(24-16-11(9-21)15(22)26-19(23)27-16)17-25-13-6-3-5-12(20)14(13)18(29)28(17)7-4-8-32(2,30)31/h3,5-6,10H,4,7-8H2,1-2H3,(H5,22,23,24,26,27)/t10-/m0/s1. The van der Waals surface area contributed by atoms with Gasteiger partial charge in [-0.3, -0.25) is 9.36 Å². The molecule has 0 unspecified atom stereocenters. The van der Waals surface area contributed by atoms with Crippen molar-refractivity contribution in [1.82, 2.24) is 19.5 Å². The van der Waals surface area contributed by atoms with Crippen LogP contribution in [0.3, 0.4) is 0 Å². The van der Waals surface area contributed by atoms with Crippen LogP contribution in [0.25, 0.3) is 10.9 Å². The van der Waals surface area contributed by atoms with Crippen molar-refractivity contribution in [1.29, 1.82) is 5.26 Å². The van der Waals surface area contributed by atoms with Crippen LogP contribution in [0.1, 0.15) is 30.8 Å². The molecule has 1 aromatic carbocycles. The lowest BCUT2D eigenvalue weighted by atomic mass is 10.2. The van der Waals surface area contributed by atoms with Gasteiger partial charge in [-0.2, -0.15) is 15.2 Å². The highest BCUT2D eigenvalue weighted by Crippen LogP contribution is 2.25. The number of rotatable bonds is 7. The van der Waals surface area contributed by atoms with Crippen LogP contribution in [0.5, 0.6) is 0 Å². The van der Waals surface area contributed by atoms with Gasteiger partial charge in [0.25, 0.3) is 5.56 Å². The summed E-state index contributed by atoms with van der Waals surface area (Å²) in [5.74, 6) is 0.0863. The molecule has 0 fully saturated rings. The van der Waals surface area contributed by atoms with E-state index in [0.29, 0.717) is 11.3 Å². The van der Waals surface area contributed by atoms with E-state index >= 15 is 0 Å². The molecule has 2 heterocycles. The minimum absolute atomic E-state index is 0.000793. The fourth-order valence-electron chi connectivity index (χ4n) is 3.25. The van der Waals surface area contributed by atoms with Gasteiger partial charge in [0.05, 0.1) is 27.7 Å². The first-order valence-electron chi connectivity index (χ1n) is 9.48. The van der Waals surface area contributed by atoms with Gasteiger partial charge in [0.2, 0.25) is 5.95 Å². The number of fused-ring (bicyclic) bond motifs is 1. The molecule has 1 atom stereocenters. The second-order valence-electron chi connectivity index (χ2n) is 7.21. The molecule has 32 heavy (non-hydrogen) atoms. The average molecular weight is 477 g/mol. The number of halogens is 1. The van der Waals surface area contributed by atoms with Crippen molar-refractivity contribution >= 4 is 49.9 Å². The van der Waals surface area contributed by atoms with Crippen LogP contribution in [-0.4, -0.2) is 39.9 Å². The van der Waals surface area contributed by atoms with Crippen LogP contribution in [0, 0.1) is 11.3 Å². The number of nitrogen functional groups attached to an aromatic ring is 2. The van der Waals surface area contributed by atoms with Crippen molar-refractivity contribution in [2.45, 2.75) is 25.9 Å². The molecule has 0 aliphatic heterocycles. The van der Waals surface area contributed by atoms with E-state index in [4.69, 9.17) is 23.1 Å². The van der Waals surface area contributed by atoms with E-state index in [1.165, 1.54) is 4.57 Å². The summed E-state index contributed by atoms with van der Waals surface area (Å²) in [7, 11) is -3.22. The summed E-state index contributed by atoms with van der Waals surface area (Å²) in [6.45, 7) is 1.81. The topological polar surface area (TPSA) is 183 Å². The number of sulfone groups is 1. The Balaban J connectivity index is 2.11. The largest absolute Gasteiger partial charge is 0.382 e. The van der Waals surface area contributed by atoms with Crippen molar-refractivity contribution in [3.8, 4) is 6.07 Å². The lowest BCUT2D eigenvalue weighted by Gasteiger charge is -2.21. The van der Waals surface area contributed by atoms with Gasteiger partial charge in [-0.15, -0.1) is 0 Å². The fraction of sp³-hybridized carbons (Fsp3) is 0.316. The van der Waals surface area contributed by atoms with Crippen molar-refractivity contribution in [3.63, 3.8) is 0 Å². The number of aromatic nitrogens is 4. The Bertz CT molecular complexity index is 1400. The molecule has 0 aliphatic carbocycles. The molecule has 0 bridgehead atoms. The highest BCUT2D eigenvalue weighted by atomic mass is 35.5. The molecule has 0 saturated carbocycles. The molecule has 3 rings (SSSR count). The van der Waals surface area contributed by atoms with E-state index in [2.05, 4.69) is 20.3 Å². The van der Waals surface area contributed by atoms with Crippen molar-refractivity contribution in [3.05, 3.63) is 45.0 Å². The van der Waals surface area contributed by atoms with Gasteiger partial charge in [0.1, 0.15) is 33.1 Å². The maximum absolute atomic E-state index is 13.3. The Morgan fingerprint density at radius 1 is 1.28 bits per heavy atom. The quantitative estimate of drug-likeness (QED) is 0.451. The number of nitriles is 1. The number of hydrogen-bond donors (Lipinski definition) is 3. The van der Waals surface area contributed by atoms with Crippen LogP contribution < -0.4 is 22.3 Å². The van der Waals surface area contributed by atoms with Crippen LogP contribution >= 0.6 is 11.6 Å². The zero-order chi connectivity index (χ0) is 23.6. The number of hydrogen-bond acceptors (Lipinski definition) is 10. The number of nitrogens with two attached hydrogens (primary N) is 2. The first kappa shape index (κ1) is 23.2. The predicted molar refractivity (Wildman–Crippen MR) is 123 cm³/mol. The van der Waals surface area contributed by atoms with E-state index in [-0.39, 0.29) is 52.3 Å². The summed E-state index contributed by atoms with van der Waals surface area (Å²) >= 11 is 6.23. The molecule has 13 heteroatoms. The van der Waals surface area contributed by atoms with Crippen LogP contribution in [-0.2, 0) is 16.4 Å². The molecular weight excluding hydrogens is 456 g/mol. The molecule has 0 amide bonds. The smallest absolute Gasteiger partial charge is 0.262 e. The lowest BCUT2D eigenvalue weighted by Crippen LogP contribution is -2.29. The normalized spacial score (nSPS) is 12.4. The van der Waals surface area contributed by atoms with Gasteiger partial charge in [-0.05, 0) is 25.5 Å². The molecule has 3 aromatic rings. The summed E-state index contributed by atoms with van der Waals surface area (Å²) in [4.78, 5) is 25.6. The maximum Gasteiger partial charge on any atom is 0.262 e. The van der Waals surface area contributed by atoms with Gasteiger partial charge < -0.3 is 16.8 Å². The minimum atomic E-state index is -3.22. The number of nitrogens with one attached hydrogen (secondary N) is 1. The summed E-state index contributed by atoms with van der Waals surface area (Å²) in [5.41, 5.74) is 11.4. The minimum Gasteiger partial charge on any atom is -0.382 e. The fourth-order valence-corrected chi connectivity index (χ4v) is 4.16. The highest BCUT2D eigenvalue weighted by Gasteiger charge is 2.21. The van der Waals surface area contributed by atoms with Gasteiger partial charge in [0.15, 0.2) is 5.82 Å². The van der Waals surface area contributed by atoms with Crippen molar-refractivity contribution < 1.29 is 8.42 Å². The molecule has 168 valence electrons. The second kappa shape index (κ2) is 8.97. The Morgan fingerprint density at radius 2 is 2.00 bits per heavy atom. The summed E-state index contributed by atoms with van der Waals surface area (Å²) in [5, 5.41) is 12.9. The van der Waals surface area contributed by atoms with Gasteiger partial charge in [-0.1, -0.05) is 17.7 Å². The van der Waals surface area contributed by atoms with Gasteiger partial charge in [-0.25, -0.2) is 13.4 Å². The summed E-state index contributed by atoms with van der Waals surface area (Å²) < 4.78 is 24.5. The average Bonchev–Trinajstić information content (AvgIpc) is 2.68. The third-order valence-corrected chi connectivity index (χ3v) is 6.01. The molecule has 5 N–H and O–H groups in total. The first-order valence-corrected chi connectivity index (χ1v) is 11.9. The van der Waals surface area contributed by atoms with Gasteiger partial charge in [0, 0.05) is 12.8 Å². The Morgan fingerprint density at radius 3 is 2.66 bits per heavy atom. The Hall–Kier alpha value is -3.43. The summed E-state index contributed by atoms with van der Waals surface area (Å²) in [6.07, 6.45) is 1.33. The lowest BCUT2D eigenvalue weighted by molar-refractivity contribution is 0.568. The predicted octanol–water partition coefficient (Wildman–Crippen LogP) is 1.48. The zero-order valence-electron chi connectivity index (χ0n) is 17.3. The molecule has 0 saturated heterocycles. The number of nitrogens with zero attached hydrogens (tertiary/aromatic N) is 5. The molecule has 2 aromatic heterocycles. The van der Waals surface area contributed by atoms with E-state index in [1.807, 2.05) is 6.07 Å². The first-order chi connectivity index (χ1) is 15.0. The van der Waals surface area contributed by atoms with E-state index < -0.39 is 21.4 Å². The van der Waals surface area contributed by atoms with Gasteiger partial charge >= 0.3 is 0 Å². The molecule has 0 spiro atoms. The van der Waals surface area contributed by atoms with Crippen molar-refractivity contribution in [2.24, 2.45) is 0 Å². The Labute approximate surface area is 189 Å². The maximum atomic E-state index is 13.3. The molecule has 0 radical (unpaired) electrons. The van der Waals surface area contributed by atoms with Crippen LogP contribution in [0.15, 0.2) is 23.0 Å². The number of benzene rings is 1. The molecular formula is C19H21ClN8O3S. The number of anilines is 3. The molecule has 0 aliphatic rings. The highest BCUT2D eigenvalue weighted by molar-refractivity contribution is 7.90. The third-order valence-electron chi connectivity index (χ3n) is 4.67. The zero-order valence-corrected chi connectivity index (χ0v) is 18.9. The SMILES string of the molecule is C[C@H](Nc1nc(N)nc(N)c1C#N)c1nc2cccc(Cl)c2c(=O)n1CCCS(C)(=O)=O. The molecule has 11 nitrogen and oxygen atoms in total. The van der Waals surface area contributed by atoms with Crippen LogP contribution in [0.4, 0.5) is 17.6 Å². The summed E-state index contributed by atoms with van der Waals surface area (Å²) in [6, 6.07) is 6.20.